The maximum Gasteiger partial charge on any atom is 0.306 e. The van der Waals surface area contributed by atoms with Gasteiger partial charge >= 0.3 is 5.97 Å². The fraction of sp³-hybridized carbons (Fsp3) is 0.857. The molecule has 8 unspecified atom stereocenters. The van der Waals surface area contributed by atoms with Crippen LogP contribution in [0.2, 0.25) is 0 Å². The molecule has 0 aliphatic carbocycles. The molecule has 1 fully saturated rings. The van der Waals surface area contributed by atoms with Gasteiger partial charge in [-0.3, -0.25) is 9.59 Å². The van der Waals surface area contributed by atoms with Gasteiger partial charge < -0.3 is 45.1 Å². The van der Waals surface area contributed by atoms with E-state index in [1.54, 1.807) is 6.08 Å². The third-order valence-corrected chi connectivity index (χ3v) is 16.2. The van der Waals surface area contributed by atoms with E-state index < -0.39 is 67.4 Å². The van der Waals surface area contributed by atoms with Gasteiger partial charge in [-0.25, -0.2) is 0 Å². The van der Waals surface area contributed by atoms with Crippen molar-refractivity contribution >= 4 is 11.9 Å². The number of aliphatic hydroxyl groups is 5. The molecule has 0 bridgehead atoms. The Balaban J connectivity index is 2.57. The summed E-state index contributed by atoms with van der Waals surface area (Å²) in [5, 5.41) is 57.1. The first kappa shape index (κ1) is 76.6. The highest BCUT2D eigenvalue weighted by Gasteiger charge is 2.47. The Morgan fingerprint density at radius 2 is 0.852 bits per heavy atom. The molecule has 1 rings (SSSR count). The summed E-state index contributed by atoms with van der Waals surface area (Å²) >= 11 is 0. The zero-order valence-electron chi connectivity index (χ0n) is 52.7. The summed E-state index contributed by atoms with van der Waals surface area (Å²) < 4.78 is 17.7. The number of amides is 1. The molecule has 1 aliphatic rings. The first-order valence-corrected chi connectivity index (χ1v) is 34.4. The molecule has 1 aliphatic heterocycles. The zero-order valence-corrected chi connectivity index (χ0v) is 52.7. The van der Waals surface area contributed by atoms with Crippen LogP contribution in [0.5, 0.6) is 0 Å². The molecule has 8 atom stereocenters. The van der Waals surface area contributed by atoms with E-state index in [0.29, 0.717) is 12.8 Å². The van der Waals surface area contributed by atoms with Crippen LogP contribution in [-0.4, -0.2) is 99.6 Å². The minimum atomic E-state index is -1.61. The summed E-state index contributed by atoms with van der Waals surface area (Å²) in [6.07, 6.45) is 61.5. The normalized spacial score (nSPS) is 18.9. The van der Waals surface area contributed by atoms with Gasteiger partial charge in [0, 0.05) is 6.42 Å². The second kappa shape index (κ2) is 58.0. The average Bonchev–Trinajstić information content (AvgIpc) is 3.50. The second-order valence-corrected chi connectivity index (χ2v) is 23.9. The number of unbranched alkanes of at least 4 members (excludes halogenated alkanes) is 39. The van der Waals surface area contributed by atoms with Crippen molar-refractivity contribution in [2.45, 2.75) is 372 Å². The first-order valence-electron chi connectivity index (χ1n) is 34.4. The smallest absolute Gasteiger partial charge is 0.306 e. The van der Waals surface area contributed by atoms with Gasteiger partial charge in [0.05, 0.1) is 25.4 Å². The van der Waals surface area contributed by atoms with E-state index in [1.165, 1.54) is 205 Å². The maximum atomic E-state index is 13.4. The van der Waals surface area contributed by atoms with Crippen molar-refractivity contribution in [3.8, 4) is 0 Å². The quantitative estimate of drug-likeness (QED) is 0.0195. The fourth-order valence-electron chi connectivity index (χ4n) is 10.7. The van der Waals surface area contributed by atoms with Crippen LogP contribution in [0.3, 0.4) is 0 Å². The van der Waals surface area contributed by atoms with Crippen molar-refractivity contribution in [2.24, 2.45) is 0 Å². The average molecular weight is 1140 g/mol. The lowest BCUT2D eigenvalue weighted by atomic mass is 9.99. The summed E-state index contributed by atoms with van der Waals surface area (Å²) in [6, 6.07) is -1.02. The Bertz CT molecular complexity index is 1500. The van der Waals surface area contributed by atoms with Gasteiger partial charge in [0.15, 0.2) is 12.4 Å². The number of hydrogen-bond donors (Lipinski definition) is 6. The molecule has 11 heteroatoms. The van der Waals surface area contributed by atoms with Gasteiger partial charge in [-0.2, -0.15) is 0 Å². The van der Waals surface area contributed by atoms with Gasteiger partial charge in [-0.05, 0) is 83.5 Å². The number of hydrogen-bond acceptors (Lipinski definition) is 10. The molecule has 0 saturated carbocycles. The number of esters is 1. The summed E-state index contributed by atoms with van der Waals surface area (Å²) in [6.45, 7) is 5.79. The molecule has 6 N–H and O–H groups in total. The number of rotatable bonds is 59. The highest BCUT2D eigenvalue weighted by atomic mass is 16.7. The number of allylic oxidation sites excluding steroid dienone is 7. The molecule has 0 aromatic heterocycles. The summed E-state index contributed by atoms with van der Waals surface area (Å²) in [5.74, 6) is -1.19. The standard InChI is InChI=1S/C70H129NO10/c1-4-7-10-13-16-19-22-24-26-28-30-31-32-33-34-36-38-40-43-46-49-52-55-58-65(75)81-68-67(77)66(76)64(59-72)80-70(68)79-60-61(62(73)56-53-50-47-44-41-21-18-15-12-9-6-3)71-69(78)63(74)57-54-51-48-45-42-39-37-35-29-27-25-23-20-17-14-11-8-5-2/h16,19,24-27,53,56,61-64,66-68,70,72-74,76-77H,4-15,17-18,20-23,28-52,54-55,57-60H2,1-3H3,(H,71,78)/b19-16-,26-24-,27-25+,56-53+. The Labute approximate surface area is 497 Å². The molecule has 0 aromatic carbocycles. The van der Waals surface area contributed by atoms with Gasteiger partial charge in [-0.1, -0.05) is 281 Å². The lowest BCUT2D eigenvalue weighted by molar-refractivity contribution is -0.305. The number of nitrogens with one attached hydrogen (secondary N) is 1. The highest BCUT2D eigenvalue weighted by Crippen LogP contribution is 2.26. The largest absolute Gasteiger partial charge is 0.454 e. The SMILES string of the molecule is CCCCC/C=C\C/C=C\CCCCCCCCCCCCCCCC(=O)OC1C(OCC(NC(=O)C(O)CCCCCCCCCC/C=C/CCCCCCCC)C(O)/C=C/CCCCCCCCCCC)OC(CO)C(O)C1O. The monoisotopic (exact) mass is 1140 g/mol. The van der Waals surface area contributed by atoms with E-state index >= 15 is 0 Å². The van der Waals surface area contributed by atoms with Crippen LogP contribution in [-0.2, 0) is 23.8 Å². The molecule has 1 amide bonds. The van der Waals surface area contributed by atoms with Crippen LogP contribution < -0.4 is 5.32 Å². The molecule has 0 radical (unpaired) electrons. The molecule has 81 heavy (non-hydrogen) atoms. The topological polar surface area (TPSA) is 175 Å². The van der Waals surface area contributed by atoms with E-state index in [-0.39, 0.29) is 19.4 Å². The van der Waals surface area contributed by atoms with E-state index in [2.05, 4.69) is 62.5 Å². The molecule has 1 heterocycles. The molecule has 11 nitrogen and oxygen atoms in total. The molecular formula is C70H129NO10. The molecule has 474 valence electrons. The minimum Gasteiger partial charge on any atom is -0.454 e. The summed E-state index contributed by atoms with van der Waals surface area (Å²) in [4.78, 5) is 26.6. The first-order chi connectivity index (χ1) is 39.7. The highest BCUT2D eigenvalue weighted by molar-refractivity contribution is 5.80. The van der Waals surface area contributed by atoms with Crippen LogP contribution in [0.15, 0.2) is 48.6 Å². The van der Waals surface area contributed by atoms with Crippen LogP contribution in [0.1, 0.15) is 323 Å². The van der Waals surface area contributed by atoms with Gasteiger partial charge in [0.2, 0.25) is 5.91 Å². The number of carbonyl (C=O) groups excluding carboxylic acids is 2. The fourth-order valence-corrected chi connectivity index (χ4v) is 10.7. The maximum absolute atomic E-state index is 13.4. The number of aliphatic hydroxyl groups excluding tert-OH is 5. The van der Waals surface area contributed by atoms with Gasteiger partial charge in [-0.15, -0.1) is 0 Å². The van der Waals surface area contributed by atoms with Crippen molar-refractivity contribution in [2.75, 3.05) is 13.2 Å². The number of carbonyl (C=O) groups is 2. The summed E-state index contributed by atoms with van der Waals surface area (Å²) in [5.41, 5.74) is 0. The molecule has 1 saturated heterocycles. The third kappa shape index (κ3) is 45.6. The predicted molar refractivity (Wildman–Crippen MR) is 338 cm³/mol. The zero-order chi connectivity index (χ0) is 58.9. The molecule has 0 aromatic rings. The van der Waals surface area contributed by atoms with E-state index in [4.69, 9.17) is 14.2 Å². The van der Waals surface area contributed by atoms with E-state index in [9.17, 15) is 35.1 Å². The van der Waals surface area contributed by atoms with Crippen LogP contribution in [0.4, 0.5) is 0 Å². The predicted octanol–water partition coefficient (Wildman–Crippen LogP) is 17.2. The molecule has 0 spiro atoms. The molecular weight excluding hydrogens is 1010 g/mol. The van der Waals surface area contributed by atoms with Crippen LogP contribution >= 0.6 is 0 Å². The van der Waals surface area contributed by atoms with Gasteiger partial charge in [0.25, 0.3) is 0 Å². The van der Waals surface area contributed by atoms with Crippen molar-refractivity contribution in [3.05, 3.63) is 48.6 Å². The minimum absolute atomic E-state index is 0.124. The Hall–Kier alpha value is -2.38. The number of ether oxygens (including phenoxy) is 3. The second-order valence-electron chi connectivity index (χ2n) is 23.9. The van der Waals surface area contributed by atoms with Crippen molar-refractivity contribution in [1.29, 1.82) is 0 Å². The van der Waals surface area contributed by atoms with Gasteiger partial charge in [0.1, 0.15) is 24.4 Å². The van der Waals surface area contributed by atoms with Crippen molar-refractivity contribution in [3.63, 3.8) is 0 Å². The third-order valence-electron chi connectivity index (χ3n) is 16.2. The van der Waals surface area contributed by atoms with E-state index in [0.717, 1.165) is 70.6 Å². The summed E-state index contributed by atoms with van der Waals surface area (Å²) in [7, 11) is 0. The lowest BCUT2D eigenvalue weighted by Crippen LogP contribution is -2.61. The Morgan fingerprint density at radius 1 is 0.481 bits per heavy atom. The Kier molecular flexibility index (Phi) is 54.9. The van der Waals surface area contributed by atoms with Crippen molar-refractivity contribution < 1.29 is 49.3 Å². The lowest BCUT2D eigenvalue weighted by Gasteiger charge is -2.41. The van der Waals surface area contributed by atoms with Crippen molar-refractivity contribution in [1.82, 2.24) is 5.32 Å². The van der Waals surface area contributed by atoms with Crippen LogP contribution in [0.25, 0.3) is 0 Å². The van der Waals surface area contributed by atoms with E-state index in [1.807, 2.05) is 6.08 Å². The van der Waals surface area contributed by atoms with Crippen LogP contribution in [0, 0.1) is 0 Å². The Morgan fingerprint density at radius 3 is 1.30 bits per heavy atom.